The molecule has 0 aromatic heterocycles. The van der Waals surface area contributed by atoms with Crippen LogP contribution in [0.5, 0.6) is 0 Å². The van der Waals surface area contributed by atoms with Crippen molar-refractivity contribution < 1.29 is 19.2 Å². The first-order valence-corrected chi connectivity index (χ1v) is 6.68. The van der Waals surface area contributed by atoms with E-state index in [-0.39, 0.29) is 7.43 Å². The summed E-state index contributed by atoms with van der Waals surface area (Å²) < 4.78 is 0. The highest BCUT2D eigenvalue weighted by Gasteiger charge is 2.37. The third kappa shape index (κ3) is 1.57. The van der Waals surface area contributed by atoms with E-state index in [2.05, 4.69) is 0 Å². The van der Waals surface area contributed by atoms with Gasteiger partial charge in [-0.05, 0) is 24.3 Å². The number of rotatable bonds is 0. The van der Waals surface area contributed by atoms with Gasteiger partial charge in [0.25, 0.3) is 23.6 Å². The average Bonchev–Trinajstić information content (AvgIpc) is 2.53. The van der Waals surface area contributed by atoms with E-state index < -0.39 is 23.6 Å². The molecule has 0 bridgehead atoms. The molecule has 2 aliphatic heterocycles. The highest BCUT2D eigenvalue weighted by Crippen LogP contribution is 2.36. The molecule has 2 aromatic rings. The van der Waals surface area contributed by atoms with Gasteiger partial charge >= 0.3 is 0 Å². The fourth-order valence-corrected chi connectivity index (χ4v) is 3.12. The zero-order valence-electron chi connectivity index (χ0n) is 11.8. The van der Waals surface area contributed by atoms with Gasteiger partial charge in [0.2, 0.25) is 0 Å². The van der Waals surface area contributed by atoms with E-state index >= 15 is 0 Å². The molecule has 0 unspecified atom stereocenters. The fourth-order valence-electron chi connectivity index (χ4n) is 3.12. The van der Waals surface area contributed by atoms with Gasteiger partial charge in [-0.15, -0.1) is 0 Å². The minimum atomic E-state index is -0.431. The molecule has 4 amide bonds. The van der Waals surface area contributed by atoms with Gasteiger partial charge in [0.05, 0.1) is 0 Å². The maximum Gasteiger partial charge on any atom is 0.261 e. The Kier molecular flexibility index (Phi) is 2.91. The smallest absolute Gasteiger partial charge is 0.261 e. The normalized spacial score (nSPS) is 16.1. The number of nitrogens with zero attached hydrogens (tertiary/aromatic N) is 2. The van der Waals surface area contributed by atoms with Crippen LogP contribution in [0, 0.1) is 0 Å². The number of benzene rings is 2. The minimum Gasteiger partial charge on any atom is -0.277 e. The van der Waals surface area contributed by atoms with Crippen molar-refractivity contribution in [2.24, 2.45) is 0 Å². The maximum absolute atomic E-state index is 12.3. The first-order chi connectivity index (χ1) is 10.4. The minimum absolute atomic E-state index is 0. The van der Waals surface area contributed by atoms with Crippen LogP contribution in [0.4, 0.5) is 0 Å². The lowest BCUT2D eigenvalue weighted by molar-refractivity contribution is 0.0629. The van der Waals surface area contributed by atoms with Gasteiger partial charge in [-0.2, -0.15) is 0 Å². The molecule has 23 heavy (non-hydrogen) atoms. The Hall–Kier alpha value is -3.02. The number of hydrogen-bond donors (Lipinski definition) is 0. The molecule has 6 nitrogen and oxygen atoms in total. The molecular weight excluding hydrogens is 296 g/mol. The monoisotopic (exact) mass is 310 g/mol. The van der Waals surface area contributed by atoms with Crippen LogP contribution >= 0.6 is 0 Å². The van der Waals surface area contributed by atoms with Crippen LogP contribution in [0.3, 0.4) is 0 Å². The maximum atomic E-state index is 12.3. The number of imide groups is 2. The topological polar surface area (TPSA) is 74.8 Å². The lowest BCUT2D eigenvalue weighted by atomic mass is 9.86. The van der Waals surface area contributed by atoms with Crippen LogP contribution in [-0.4, -0.2) is 47.5 Å². The predicted molar refractivity (Wildman–Crippen MR) is 83.5 cm³/mol. The summed E-state index contributed by atoms with van der Waals surface area (Å²) in [6.45, 7) is 0. The van der Waals surface area contributed by atoms with E-state index in [9.17, 15) is 19.2 Å². The van der Waals surface area contributed by atoms with Crippen molar-refractivity contribution >= 4 is 34.4 Å². The number of amides is 4. The van der Waals surface area contributed by atoms with Crippen molar-refractivity contribution in [3.05, 3.63) is 46.5 Å². The molecule has 116 valence electrons. The zero-order valence-corrected chi connectivity index (χ0v) is 11.8. The second kappa shape index (κ2) is 4.49. The Morgan fingerprint density at radius 2 is 0.783 bits per heavy atom. The highest BCUT2D eigenvalue weighted by molar-refractivity contribution is 6.33. The highest BCUT2D eigenvalue weighted by atomic mass is 16.2. The Morgan fingerprint density at radius 1 is 0.565 bits per heavy atom. The van der Waals surface area contributed by atoms with Crippen LogP contribution in [0.25, 0.3) is 10.8 Å². The molecule has 0 aliphatic carbocycles. The Balaban J connectivity index is 0.00000156. The summed E-state index contributed by atoms with van der Waals surface area (Å²) in [4.78, 5) is 51.3. The van der Waals surface area contributed by atoms with E-state index in [4.69, 9.17) is 0 Å². The van der Waals surface area contributed by atoms with E-state index in [1.54, 1.807) is 0 Å². The van der Waals surface area contributed by atoms with Gasteiger partial charge < -0.3 is 0 Å². The predicted octanol–water partition coefficient (Wildman–Crippen LogP) is 1.93. The van der Waals surface area contributed by atoms with Crippen molar-refractivity contribution in [1.29, 1.82) is 0 Å². The summed E-state index contributed by atoms with van der Waals surface area (Å²) in [5.41, 5.74) is 1.34. The Labute approximate surface area is 132 Å². The van der Waals surface area contributed by atoms with Crippen molar-refractivity contribution in [3.8, 4) is 0 Å². The number of carbonyl (C=O) groups excluding carboxylic acids is 4. The van der Waals surface area contributed by atoms with E-state index in [0.717, 1.165) is 9.80 Å². The molecule has 2 aromatic carbocycles. The first-order valence-electron chi connectivity index (χ1n) is 6.68. The molecule has 0 N–H and O–H groups in total. The first kappa shape index (κ1) is 14.9. The van der Waals surface area contributed by atoms with Gasteiger partial charge in [-0.1, -0.05) is 7.43 Å². The van der Waals surface area contributed by atoms with Crippen molar-refractivity contribution in [1.82, 2.24) is 9.80 Å². The third-order valence-electron chi connectivity index (χ3n) is 4.30. The SMILES string of the molecule is C.CN1C(=O)c2ccc3c4c(ccc(c24)C1=O)C(=O)N(C)C3=O. The quantitative estimate of drug-likeness (QED) is 0.697. The van der Waals surface area contributed by atoms with Gasteiger partial charge in [0.15, 0.2) is 0 Å². The van der Waals surface area contributed by atoms with Gasteiger partial charge in [-0.3, -0.25) is 29.0 Å². The molecule has 0 saturated heterocycles. The lowest BCUT2D eigenvalue weighted by Crippen LogP contribution is -2.40. The Bertz CT molecular complexity index is 798. The molecule has 2 aliphatic rings. The summed E-state index contributed by atoms with van der Waals surface area (Å²) in [7, 11) is 2.83. The van der Waals surface area contributed by atoms with Crippen molar-refractivity contribution in [2.45, 2.75) is 7.43 Å². The van der Waals surface area contributed by atoms with E-state index in [0.29, 0.717) is 33.0 Å². The second-order valence-corrected chi connectivity index (χ2v) is 5.41. The molecular formula is C17H14N2O4. The van der Waals surface area contributed by atoms with Gasteiger partial charge in [0, 0.05) is 47.1 Å². The summed E-state index contributed by atoms with van der Waals surface area (Å²) in [5.74, 6) is -1.72. The summed E-state index contributed by atoms with van der Waals surface area (Å²) >= 11 is 0. The summed E-state index contributed by atoms with van der Waals surface area (Å²) in [6, 6.07) is 6.16. The van der Waals surface area contributed by atoms with Gasteiger partial charge in [-0.25, -0.2) is 0 Å². The fraction of sp³-hybridized carbons (Fsp3) is 0.176. The standard InChI is InChI=1S/C16H10N2O4.CH4/c1-17-13(19)7-3-5-9-12-10(16(22)18(2)15(9)21)6-4-8(11(7)12)14(17)20;/h3-6H,1-2H3;1H4. The van der Waals surface area contributed by atoms with Crippen molar-refractivity contribution in [2.75, 3.05) is 14.1 Å². The molecule has 0 radical (unpaired) electrons. The molecule has 0 spiro atoms. The molecule has 0 saturated carbocycles. The zero-order chi connectivity index (χ0) is 15.8. The summed E-state index contributed by atoms with van der Waals surface area (Å²) in [6.07, 6.45) is 0. The molecule has 4 rings (SSSR count). The van der Waals surface area contributed by atoms with Crippen LogP contribution in [-0.2, 0) is 0 Å². The van der Waals surface area contributed by atoms with Crippen LogP contribution in [0.1, 0.15) is 48.9 Å². The Morgan fingerprint density at radius 3 is 1.00 bits per heavy atom. The molecule has 0 fully saturated rings. The molecule has 0 atom stereocenters. The second-order valence-electron chi connectivity index (χ2n) is 5.41. The number of hydrogen-bond acceptors (Lipinski definition) is 4. The van der Waals surface area contributed by atoms with Crippen LogP contribution in [0.15, 0.2) is 24.3 Å². The van der Waals surface area contributed by atoms with E-state index in [1.165, 1.54) is 38.4 Å². The van der Waals surface area contributed by atoms with Crippen LogP contribution in [0.2, 0.25) is 0 Å². The average molecular weight is 310 g/mol. The third-order valence-corrected chi connectivity index (χ3v) is 4.30. The molecule has 2 heterocycles. The number of carbonyl (C=O) groups is 4. The lowest BCUT2D eigenvalue weighted by Gasteiger charge is -2.29. The summed E-state index contributed by atoms with van der Waals surface area (Å²) in [5, 5.41) is 0.802. The van der Waals surface area contributed by atoms with Gasteiger partial charge in [0.1, 0.15) is 0 Å². The van der Waals surface area contributed by atoms with Crippen molar-refractivity contribution in [3.63, 3.8) is 0 Å². The largest absolute Gasteiger partial charge is 0.277 e. The van der Waals surface area contributed by atoms with E-state index in [1.807, 2.05) is 0 Å². The van der Waals surface area contributed by atoms with Crippen LogP contribution < -0.4 is 0 Å². The molecule has 6 heteroatoms.